The molecule has 6 heteroatoms. The summed E-state index contributed by atoms with van der Waals surface area (Å²) < 4.78 is 2.18. The van der Waals surface area contributed by atoms with Crippen molar-refractivity contribution in [1.29, 1.82) is 0 Å². The van der Waals surface area contributed by atoms with Gasteiger partial charge >= 0.3 is 6.03 Å². The number of hydrogen-bond acceptors (Lipinski definition) is 3. The second-order valence-electron chi connectivity index (χ2n) is 8.13. The molecule has 0 saturated carbocycles. The van der Waals surface area contributed by atoms with Crippen LogP contribution in [0.15, 0.2) is 24.3 Å². The number of anilines is 1. The number of carbonyl (C=O) groups is 1. The summed E-state index contributed by atoms with van der Waals surface area (Å²) in [5.74, 6) is 3.37. The first kappa shape index (κ1) is 18.0. The molecule has 3 heterocycles. The van der Waals surface area contributed by atoms with Gasteiger partial charge in [-0.05, 0) is 49.7 Å². The molecule has 144 valence electrons. The zero-order valence-electron chi connectivity index (χ0n) is 16.3. The number of aryl methyl sites for hydroxylation is 1. The van der Waals surface area contributed by atoms with Crippen molar-refractivity contribution in [2.24, 2.45) is 11.8 Å². The van der Waals surface area contributed by atoms with Crippen LogP contribution < -0.4 is 5.32 Å². The van der Waals surface area contributed by atoms with Crippen LogP contribution in [-0.4, -0.2) is 38.8 Å². The van der Waals surface area contributed by atoms with Gasteiger partial charge in [-0.1, -0.05) is 26.0 Å². The van der Waals surface area contributed by atoms with E-state index >= 15 is 0 Å². The van der Waals surface area contributed by atoms with E-state index in [0.717, 1.165) is 74.1 Å². The summed E-state index contributed by atoms with van der Waals surface area (Å²) in [6, 6.07) is 7.95. The lowest BCUT2D eigenvalue weighted by molar-refractivity contribution is 0.212. The number of rotatable bonds is 3. The molecule has 0 aliphatic carbocycles. The van der Waals surface area contributed by atoms with Crippen LogP contribution in [0, 0.1) is 11.8 Å². The maximum Gasteiger partial charge on any atom is 0.321 e. The van der Waals surface area contributed by atoms with Crippen LogP contribution >= 0.6 is 0 Å². The third kappa shape index (κ3) is 3.84. The summed E-state index contributed by atoms with van der Waals surface area (Å²) >= 11 is 0. The third-order valence-corrected chi connectivity index (χ3v) is 5.98. The fourth-order valence-electron chi connectivity index (χ4n) is 4.29. The molecule has 0 spiro atoms. The molecule has 1 atom stereocenters. The fraction of sp³-hybridized carbons (Fsp3) is 0.571. The smallest absolute Gasteiger partial charge is 0.321 e. The standard InChI is InChI=1S/C21H29N5O/c1-15(2)16-7-4-11-25(13-10-16)21(27)22-18-8-3-6-17(14-18)20-24-23-19-9-5-12-26(19)20/h3,6,8,14-16H,4-5,7,9-13H2,1-2H3,(H,22,27)/t16-/m1/s1. The van der Waals surface area contributed by atoms with Gasteiger partial charge in [0.15, 0.2) is 5.82 Å². The number of urea groups is 1. The van der Waals surface area contributed by atoms with Gasteiger partial charge in [0.1, 0.15) is 5.82 Å². The molecule has 1 fully saturated rings. The van der Waals surface area contributed by atoms with Crippen molar-refractivity contribution in [1.82, 2.24) is 19.7 Å². The first-order valence-electron chi connectivity index (χ1n) is 10.2. The van der Waals surface area contributed by atoms with Gasteiger partial charge in [-0.3, -0.25) is 0 Å². The Balaban J connectivity index is 1.44. The highest BCUT2D eigenvalue weighted by atomic mass is 16.2. The minimum absolute atomic E-state index is 0.00280. The molecule has 2 aromatic rings. The van der Waals surface area contributed by atoms with Crippen LogP contribution in [0.2, 0.25) is 0 Å². The third-order valence-electron chi connectivity index (χ3n) is 5.98. The van der Waals surface area contributed by atoms with Crippen molar-refractivity contribution < 1.29 is 4.79 Å². The Kier molecular flexibility index (Phi) is 5.14. The monoisotopic (exact) mass is 367 g/mol. The lowest BCUT2D eigenvalue weighted by Gasteiger charge is -2.22. The van der Waals surface area contributed by atoms with Gasteiger partial charge in [-0.25, -0.2) is 4.79 Å². The van der Waals surface area contributed by atoms with Gasteiger partial charge in [0.05, 0.1) is 0 Å². The Hall–Kier alpha value is -2.37. The minimum atomic E-state index is 0.00280. The molecule has 1 aromatic carbocycles. The number of nitrogens with one attached hydrogen (secondary N) is 1. The van der Waals surface area contributed by atoms with Crippen LogP contribution in [0.4, 0.5) is 10.5 Å². The predicted octanol–water partition coefficient (Wildman–Crippen LogP) is 4.18. The molecular weight excluding hydrogens is 338 g/mol. The van der Waals surface area contributed by atoms with Gasteiger partial charge in [0, 0.05) is 37.3 Å². The summed E-state index contributed by atoms with van der Waals surface area (Å²) in [6.07, 6.45) is 5.52. The highest BCUT2D eigenvalue weighted by Crippen LogP contribution is 2.27. The quantitative estimate of drug-likeness (QED) is 0.885. The predicted molar refractivity (Wildman–Crippen MR) is 107 cm³/mol. The van der Waals surface area contributed by atoms with Crippen molar-refractivity contribution in [3.63, 3.8) is 0 Å². The second kappa shape index (κ2) is 7.71. The van der Waals surface area contributed by atoms with E-state index in [2.05, 4.69) is 33.9 Å². The van der Waals surface area contributed by atoms with Crippen LogP contribution in [0.3, 0.4) is 0 Å². The number of likely N-dealkylation sites (tertiary alicyclic amines) is 1. The molecule has 2 aliphatic heterocycles. The summed E-state index contributed by atoms with van der Waals surface area (Å²) in [5, 5.41) is 11.7. The number of fused-ring (bicyclic) bond motifs is 1. The molecule has 1 aromatic heterocycles. The molecule has 0 bridgehead atoms. The molecule has 2 aliphatic rings. The average molecular weight is 367 g/mol. The molecule has 0 radical (unpaired) electrons. The second-order valence-corrected chi connectivity index (χ2v) is 8.13. The maximum absolute atomic E-state index is 12.8. The van der Waals surface area contributed by atoms with Gasteiger partial charge in [0.2, 0.25) is 0 Å². The van der Waals surface area contributed by atoms with Crippen molar-refractivity contribution in [2.45, 2.75) is 52.5 Å². The Morgan fingerprint density at radius 3 is 2.89 bits per heavy atom. The van der Waals surface area contributed by atoms with E-state index in [1.807, 2.05) is 29.2 Å². The van der Waals surface area contributed by atoms with E-state index < -0.39 is 0 Å². The van der Waals surface area contributed by atoms with Crippen molar-refractivity contribution in [2.75, 3.05) is 18.4 Å². The summed E-state index contributed by atoms with van der Waals surface area (Å²) in [7, 11) is 0. The van der Waals surface area contributed by atoms with Gasteiger partial charge in [0.25, 0.3) is 0 Å². The molecule has 1 N–H and O–H groups in total. The highest BCUT2D eigenvalue weighted by Gasteiger charge is 2.23. The Bertz CT molecular complexity index is 813. The number of carbonyl (C=O) groups excluding carboxylic acids is 1. The first-order chi connectivity index (χ1) is 13.1. The molecule has 4 rings (SSSR count). The number of benzene rings is 1. The highest BCUT2D eigenvalue weighted by molar-refractivity contribution is 5.90. The Labute approximate surface area is 161 Å². The van der Waals surface area contributed by atoms with Gasteiger partial charge < -0.3 is 14.8 Å². The van der Waals surface area contributed by atoms with E-state index in [-0.39, 0.29) is 6.03 Å². The zero-order chi connectivity index (χ0) is 18.8. The van der Waals surface area contributed by atoms with E-state index in [9.17, 15) is 4.79 Å². The summed E-state index contributed by atoms with van der Waals surface area (Å²) in [6.45, 7) is 7.22. The fourth-order valence-corrected chi connectivity index (χ4v) is 4.29. The molecule has 2 amide bonds. The SMILES string of the molecule is CC(C)[C@@H]1CCCN(C(=O)Nc2cccc(-c3nnc4n3CCC4)c2)CC1. The molecule has 6 nitrogen and oxygen atoms in total. The van der Waals surface area contributed by atoms with Gasteiger partial charge in [-0.2, -0.15) is 0 Å². The first-order valence-corrected chi connectivity index (χ1v) is 10.2. The summed E-state index contributed by atoms with van der Waals surface area (Å²) in [4.78, 5) is 14.7. The van der Waals surface area contributed by atoms with Crippen LogP contribution in [-0.2, 0) is 13.0 Å². The van der Waals surface area contributed by atoms with Crippen LogP contribution in [0.5, 0.6) is 0 Å². The Morgan fingerprint density at radius 2 is 2.04 bits per heavy atom. The number of hydrogen-bond donors (Lipinski definition) is 1. The summed E-state index contributed by atoms with van der Waals surface area (Å²) in [5.41, 5.74) is 1.82. The molecule has 1 saturated heterocycles. The lowest BCUT2D eigenvalue weighted by atomic mass is 9.89. The lowest BCUT2D eigenvalue weighted by Crippen LogP contribution is -2.35. The Morgan fingerprint density at radius 1 is 1.15 bits per heavy atom. The van der Waals surface area contributed by atoms with E-state index in [4.69, 9.17) is 0 Å². The number of amides is 2. The van der Waals surface area contributed by atoms with Crippen molar-refractivity contribution in [3.05, 3.63) is 30.1 Å². The molecule has 27 heavy (non-hydrogen) atoms. The molecular formula is C21H29N5O. The zero-order valence-corrected chi connectivity index (χ0v) is 16.3. The van der Waals surface area contributed by atoms with E-state index in [1.54, 1.807) is 0 Å². The largest absolute Gasteiger partial charge is 0.325 e. The van der Waals surface area contributed by atoms with Crippen LogP contribution in [0.1, 0.15) is 45.4 Å². The van der Waals surface area contributed by atoms with Gasteiger partial charge in [-0.15, -0.1) is 10.2 Å². The molecule has 0 unspecified atom stereocenters. The van der Waals surface area contributed by atoms with E-state index in [1.165, 1.54) is 6.42 Å². The number of nitrogens with zero attached hydrogens (tertiary/aromatic N) is 4. The van der Waals surface area contributed by atoms with E-state index in [0.29, 0.717) is 5.92 Å². The van der Waals surface area contributed by atoms with Crippen molar-refractivity contribution >= 4 is 11.7 Å². The minimum Gasteiger partial charge on any atom is -0.325 e. The maximum atomic E-state index is 12.8. The normalized spacial score (nSPS) is 19.8. The topological polar surface area (TPSA) is 63.1 Å². The number of aromatic nitrogens is 3. The van der Waals surface area contributed by atoms with Crippen molar-refractivity contribution in [3.8, 4) is 11.4 Å². The average Bonchev–Trinajstić information content (AvgIpc) is 3.17. The van der Waals surface area contributed by atoms with Crippen LogP contribution in [0.25, 0.3) is 11.4 Å².